The van der Waals surface area contributed by atoms with Gasteiger partial charge in [0.2, 0.25) is 5.13 Å². The number of carbonyl (C=O) groups is 1. The number of ketones is 1. The van der Waals surface area contributed by atoms with Crippen molar-refractivity contribution in [1.82, 2.24) is 10.2 Å². The number of benzene rings is 1. The van der Waals surface area contributed by atoms with Crippen LogP contribution in [0.25, 0.3) is 0 Å². The van der Waals surface area contributed by atoms with Crippen molar-refractivity contribution in [2.45, 2.75) is 24.2 Å². The predicted molar refractivity (Wildman–Crippen MR) is 93.3 cm³/mol. The van der Waals surface area contributed by atoms with Gasteiger partial charge in [0.15, 0.2) is 10.1 Å². The lowest BCUT2D eigenvalue weighted by atomic mass is 10.1. The summed E-state index contributed by atoms with van der Waals surface area (Å²) in [5, 5.41) is 12.1. The number of ether oxygens (including phenoxy) is 2. The van der Waals surface area contributed by atoms with Gasteiger partial charge in [-0.25, -0.2) is 0 Å². The Morgan fingerprint density at radius 3 is 2.74 bits per heavy atom. The topological polar surface area (TPSA) is 73.3 Å². The normalized spacial score (nSPS) is 10.7. The molecular weight excluding hydrogens is 334 g/mol. The number of rotatable bonds is 8. The van der Waals surface area contributed by atoms with Gasteiger partial charge in [-0.05, 0) is 26.0 Å². The summed E-state index contributed by atoms with van der Waals surface area (Å²) in [4.78, 5) is 12.4. The van der Waals surface area contributed by atoms with E-state index in [1.807, 2.05) is 13.8 Å². The molecule has 0 amide bonds. The molecule has 8 heteroatoms. The number of nitrogens with one attached hydrogen (secondary N) is 1. The lowest BCUT2D eigenvalue weighted by Gasteiger charge is -2.09. The van der Waals surface area contributed by atoms with E-state index in [-0.39, 0.29) is 11.5 Å². The van der Waals surface area contributed by atoms with Crippen LogP contribution in [-0.2, 0) is 0 Å². The quantitative estimate of drug-likeness (QED) is 0.576. The SMILES string of the molecule is COc1ccc(C(=O)CSc2nnc(NC(C)C)s2)c(OC)c1. The Morgan fingerprint density at radius 1 is 1.30 bits per heavy atom. The summed E-state index contributed by atoms with van der Waals surface area (Å²) in [5.41, 5.74) is 0.533. The van der Waals surface area contributed by atoms with Crippen molar-refractivity contribution < 1.29 is 14.3 Å². The van der Waals surface area contributed by atoms with E-state index in [4.69, 9.17) is 9.47 Å². The van der Waals surface area contributed by atoms with Crippen molar-refractivity contribution in [2.75, 3.05) is 25.3 Å². The fraction of sp³-hybridized carbons (Fsp3) is 0.400. The molecule has 0 radical (unpaired) electrons. The molecule has 0 bridgehead atoms. The fourth-order valence-corrected chi connectivity index (χ4v) is 3.59. The van der Waals surface area contributed by atoms with Crippen LogP contribution in [-0.4, -0.2) is 42.0 Å². The Kier molecular flexibility index (Phi) is 6.23. The predicted octanol–water partition coefficient (Wildman–Crippen LogP) is 3.35. The zero-order chi connectivity index (χ0) is 16.8. The number of methoxy groups -OCH3 is 2. The molecule has 0 fully saturated rings. The van der Waals surface area contributed by atoms with Crippen molar-refractivity contribution in [2.24, 2.45) is 0 Å². The second-order valence-corrected chi connectivity index (χ2v) is 7.15. The molecular formula is C15H19N3O3S2. The number of hydrogen-bond acceptors (Lipinski definition) is 8. The average molecular weight is 353 g/mol. The van der Waals surface area contributed by atoms with Crippen LogP contribution >= 0.6 is 23.1 Å². The highest BCUT2D eigenvalue weighted by Crippen LogP contribution is 2.29. The van der Waals surface area contributed by atoms with Gasteiger partial charge >= 0.3 is 0 Å². The van der Waals surface area contributed by atoms with Crippen LogP contribution < -0.4 is 14.8 Å². The van der Waals surface area contributed by atoms with Crippen molar-refractivity contribution in [3.63, 3.8) is 0 Å². The van der Waals surface area contributed by atoms with Gasteiger partial charge in [0, 0.05) is 12.1 Å². The van der Waals surface area contributed by atoms with Gasteiger partial charge in [-0.1, -0.05) is 23.1 Å². The number of Topliss-reactive ketones (excluding diaryl/α,β-unsaturated/α-hetero) is 1. The molecule has 0 unspecified atom stereocenters. The van der Waals surface area contributed by atoms with Gasteiger partial charge in [0.1, 0.15) is 11.5 Å². The second kappa shape index (κ2) is 8.16. The minimum atomic E-state index is -0.0249. The third-order valence-electron chi connectivity index (χ3n) is 2.85. The molecule has 0 aliphatic heterocycles. The Balaban J connectivity index is 2.00. The molecule has 2 rings (SSSR count). The molecule has 1 heterocycles. The lowest BCUT2D eigenvalue weighted by molar-refractivity contribution is 0.101. The minimum Gasteiger partial charge on any atom is -0.497 e. The third kappa shape index (κ3) is 4.84. The summed E-state index contributed by atoms with van der Waals surface area (Å²) >= 11 is 2.81. The fourth-order valence-electron chi connectivity index (χ4n) is 1.81. The zero-order valence-electron chi connectivity index (χ0n) is 13.5. The Hall–Kier alpha value is -1.80. The van der Waals surface area contributed by atoms with Crippen molar-refractivity contribution >= 4 is 34.0 Å². The Labute approximate surface area is 143 Å². The van der Waals surface area contributed by atoms with Crippen LogP contribution in [0.5, 0.6) is 11.5 Å². The summed E-state index contributed by atoms with van der Waals surface area (Å²) in [6.45, 7) is 4.07. The summed E-state index contributed by atoms with van der Waals surface area (Å²) in [5.74, 6) is 1.41. The maximum absolute atomic E-state index is 12.4. The van der Waals surface area contributed by atoms with Crippen molar-refractivity contribution in [3.05, 3.63) is 23.8 Å². The molecule has 23 heavy (non-hydrogen) atoms. The molecule has 1 aromatic heterocycles. The molecule has 124 valence electrons. The smallest absolute Gasteiger partial charge is 0.206 e. The van der Waals surface area contributed by atoms with Crippen LogP contribution in [0.4, 0.5) is 5.13 Å². The number of anilines is 1. The highest BCUT2D eigenvalue weighted by Gasteiger charge is 2.15. The molecule has 0 atom stereocenters. The molecule has 0 saturated heterocycles. The lowest BCUT2D eigenvalue weighted by Crippen LogP contribution is -2.08. The average Bonchev–Trinajstić information content (AvgIpc) is 2.98. The van der Waals surface area contributed by atoms with Gasteiger partial charge in [-0.2, -0.15) is 0 Å². The van der Waals surface area contributed by atoms with E-state index >= 15 is 0 Å². The molecule has 0 aliphatic rings. The van der Waals surface area contributed by atoms with Gasteiger partial charge in [-0.15, -0.1) is 10.2 Å². The third-order valence-corrected chi connectivity index (χ3v) is 4.84. The summed E-state index contributed by atoms with van der Waals surface area (Å²) in [6, 6.07) is 5.46. The first-order chi connectivity index (χ1) is 11.0. The van der Waals surface area contributed by atoms with Gasteiger partial charge in [0.25, 0.3) is 0 Å². The number of carbonyl (C=O) groups excluding carboxylic acids is 1. The number of aromatic nitrogens is 2. The van der Waals surface area contributed by atoms with Crippen LogP contribution in [0, 0.1) is 0 Å². The van der Waals surface area contributed by atoms with E-state index in [1.54, 1.807) is 25.3 Å². The standard InChI is InChI=1S/C15H19N3O3S2/c1-9(2)16-14-17-18-15(23-14)22-8-12(19)11-6-5-10(20-3)7-13(11)21-4/h5-7,9H,8H2,1-4H3,(H,16,17). The maximum Gasteiger partial charge on any atom is 0.206 e. The van der Waals surface area contributed by atoms with E-state index in [0.717, 1.165) is 9.47 Å². The molecule has 0 spiro atoms. The molecule has 2 aromatic rings. The molecule has 1 aromatic carbocycles. The minimum absolute atomic E-state index is 0.0249. The van der Waals surface area contributed by atoms with E-state index < -0.39 is 0 Å². The van der Waals surface area contributed by atoms with E-state index in [0.29, 0.717) is 23.1 Å². The Bertz CT molecular complexity index is 674. The molecule has 0 aliphatic carbocycles. The van der Waals surface area contributed by atoms with Gasteiger partial charge in [-0.3, -0.25) is 4.79 Å². The number of nitrogens with zero attached hydrogens (tertiary/aromatic N) is 2. The second-order valence-electron chi connectivity index (χ2n) is 4.95. The molecule has 0 saturated carbocycles. The monoisotopic (exact) mass is 353 g/mol. The van der Waals surface area contributed by atoms with E-state index in [9.17, 15) is 4.79 Å². The highest BCUT2D eigenvalue weighted by molar-refractivity contribution is 8.01. The summed E-state index contributed by atoms with van der Waals surface area (Å²) in [6.07, 6.45) is 0. The number of hydrogen-bond donors (Lipinski definition) is 1. The maximum atomic E-state index is 12.4. The Morgan fingerprint density at radius 2 is 2.09 bits per heavy atom. The summed E-state index contributed by atoms with van der Waals surface area (Å²) in [7, 11) is 3.11. The van der Waals surface area contributed by atoms with E-state index in [2.05, 4.69) is 15.5 Å². The zero-order valence-corrected chi connectivity index (χ0v) is 15.1. The van der Waals surface area contributed by atoms with Crippen LogP contribution in [0.2, 0.25) is 0 Å². The first-order valence-corrected chi connectivity index (χ1v) is 8.81. The first kappa shape index (κ1) is 17.6. The van der Waals surface area contributed by atoms with Gasteiger partial charge in [0.05, 0.1) is 25.5 Å². The number of thioether (sulfide) groups is 1. The molecule has 1 N–H and O–H groups in total. The van der Waals surface area contributed by atoms with Crippen molar-refractivity contribution in [1.29, 1.82) is 0 Å². The van der Waals surface area contributed by atoms with E-state index in [1.165, 1.54) is 30.2 Å². The van der Waals surface area contributed by atoms with Crippen molar-refractivity contribution in [3.8, 4) is 11.5 Å². The largest absolute Gasteiger partial charge is 0.497 e. The van der Waals surface area contributed by atoms with Gasteiger partial charge < -0.3 is 14.8 Å². The molecule has 6 nitrogen and oxygen atoms in total. The van der Waals surface area contributed by atoms with Crippen LogP contribution in [0.3, 0.4) is 0 Å². The summed E-state index contributed by atoms with van der Waals surface area (Å²) < 4.78 is 11.2. The van der Waals surface area contributed by atoms with Crippen LogP contribution in [0.1, 0.15) is 24.2 Å². The first-order valence-electron chi connectivity index (χ1n) is 7.01. The highest BCUT2D eigenvalue weighted by atomic mass is 32.2. The van der Waals surface area contributed by atoms with Crippen LogP contribution in [0.15, 0.2) is 22.5 Å².